The number of hydrogen-bond acceptors (Lipinski definition) is 2. The maximum atomic E-state index is 11.7. The van der Waals surface area contributed by atoms with Gasteiger partial charge in [-0.3, -0.25) is 4.79 Å². The fraction of sp³-hybridized carbons (Fsp3) is 0.500. The van der Waals surface area contributed by atoms with Gasteiger partial charge in [0.2, 0.25) is 0 Å². The molecule has 16 heavy (non-hydrogen) atoms. The van der Waals surface area contributed by atoms with Crippen molar-refractivity contribution in [2.45, 2.75) is 32.6 Å². The molecule has 1 fully saturated rings. The highest BCUT2D eigenvalue weighted by molar-refractivity contribution is 5.72. The molecule has 0 amide bonds. The largest absolute Gasteiger partial charge is 0.427 e. The molecule has 0 heterocycles. The lowest BCUT2D eigenvalue weighted by molar-refractivity contribution is -0.135. The van der Waals surface area contributed by atoms with Crippen LogP contribution in [0, 0.1) is 11.8 Å². The first-order valence-corrected chi connectivity index (χ1v) is 6.05. The second kappa shape index (κ2) is 5.15. The molecule has 2 heteroatoms. The van der Waals surface area contributed by atoms with Crippen LogP contribution in [0.1, 0.15) is 32.6 Å². The molecule has 1 aromatic carbocycles. The first-order chi connectivity index (χ1) is 7.79. The lowest BCUT2D eigenvalue weighted by Gasteiger charge is -2.12. The van der Waals surface area contributed by atoms with E-state index in [1.807, 2.05) is 30.3 Å². The molecule has 86 valence electrons. The highest BCUT2D eigenvalue weighted by Gasteiger charge is 2.31. The van der Waals surface area contributed by atoms with Gasteiger partial charge in [0.15, 0.2) is 0 Å². The summed E-state index contributed by atoms with van der Waals surface area (Å²) < 4.78 is 5.29. The first-order valence-electron chi connectivity index (χ1n) is 6.05. The average molecular weight is 218 g/mol. The van der Waals surface area contributed by atoms with Crippen molar-refractivity contribution in [3.8, 4) is 5.75 Å². The van der Waals surface area contributed by atoms with E-state index < -0.39 is 0 Å². The molecule has 0 radical (unpaired) electrons. The van der Waals surface area contributed by atoms with Crippen molar-refractivity contribution >= 4 is 5.97 Å². The Morgan fingerprint density at radius 2 is 2.06 bits per heavy atom. The van der Waals surface area contributed by atoms with Gasteiger partial charge >= 0.3 is 5.97 Å². The van der Waals surface area contributed by atoms with E-state index in [0.29, 0.717) is 18.1 Å². The van der Waals surface area contributed by atoms with Crippen LogP contribution in [-0.2, 0) is 4.79 Å². The number of para-hydroxylation sites is 1. The van der Waals surface area contributed by atoms with Crippen LogP contribution < -0.4 is 4.74 Å². The molecule has 1 atom stereocenters. The van der Waals surface area contributed by atoms with Crippen molar-refractivity contribution in [2.75, 3.05) is 0 Å². The molecular formula is C14H18O2. The van der Waals surface area contributed by atoms with Gasteiger partial charge in [-0.05, 0) is 36.8 Å². The third-order valence-electron chi connectivity index (χ3n) is 3.22. The molecule has 2 rings (SSSR count). The predicted molar refractivity (Wildman–Crippen MR) is 63.2 cm³/mol. The summed E-state index contributed by atoms with van der Waals surface area (Å²) in [5, 5.41) is 0. The topological polar surface area (TPSA) is 26.3 Å². The van der Waals surface area contributed by atoms with Crippen LogP contribution >= 0.6 is 0 Å². The Morgan fingerprint density at radius 1 is 1.38 bits per heavy atom. The third-order valence-corrected chi connectivity index (χ3v) is 3.22. The van der Waals surface area contributed by atoms with Crippen LogP contribution in [0.3, 0.4) is 0 Å². The summed E-state index contributed by atoms with van der Waals surface area (Å²) in [4.78, 5) is 11.7. The zero-order valence-electron chi connectivity index (χ0n) is 9.69. The van der Waals surface area contributed by atoms with Crippen LogP contribution in [0.15, 0.2) is 30.3 Å². The van der Waals surface area contributed by atoms with Crippen molar-refractivity contribution in [1.29, 1.82) is 0 Å². The minimum atomic E-state index is -0.0926. The fourth-order valence-corrected chi connectivity index (χ4v) is 2.09. The monoisotopic (exact) mass is 218 g/mol. The Morgan fingerprint density at radius 3 is 2.62 bits per heavy atom. The maximum absolute atomic E-state index is 11.7. The number of esters is 1. The van der Waals surface area contributed by atoms with Crippen molar-refractivity contribution < 1.29 is 9.53 Å². The smallest absolute Gasteiger partial charge is 0.311 e. The molecule has 0 aliphatic heterocycles. The summed E-state index contributed by atoms with van der Waals surface area (Å²) in [5.41, 5.74) is 0. The standard InChI is InChI=1S/C14H18O2/c1-2-11(12-8-9-12)10-14(15)16-13-6-4-3-5-7-13/h3-7,11-12H,2,8-10H2,1H3/t11-/m0/s1. The van der Waals surface area contributed by atoms with E-state index in [-0.39, 0.29) is 5.97 Å². The highest BCUT2D eigenvalue weighted by atomic mass is 16.5. The van der Waals surface area contributed by atoms with Crippen LogP contribution in [0.5, 0.6) is 5.75 Å². The van der Waals surface area contributed by atoms with Crippen molar-refractivity contribution in [3.05, 3.63) is 30.3 Å². The lowest BCUT2D eigenvalue weighted by Crippen LogP contribution is -2.15. The minimum Gasteiger partial charge on any atom is -0.427 e. The Kier molecular flexibility index (Phi) is 3.60. The fourth-order valence-electron chi connectivity index (χ4n) is 2.09. The zero-order chi connectivity index (χ0) is 11.4. The number of ether oxygens (including phenoxy) is 1. The van der Waals surface area contributed by atoms with E-state index in [9.17, 15) is 4.79 Å². The molecule has 0 bridgehead atoms. The number of benzene rings is 1. The Bertz CT molecular complexity index is 341. The molecule has 2 nitrogen and oxygen atoms in total. The van der Waals surface area contributed by atoms with Gasteiger partial charge in [-0.1, -0.05) is 31.5 Å². The minimum absolute atomic E-state index is 0.0926. The number of carbonyl (C=O) groups excluding carboxylic acids is 1. The van der Waals surface area contributed by atoms with E-state index >= 15 is 0 Å². The molecule has 0 spiro atoms. The zero-order valence-corrected chi connectivity index (χ0v) is 9.69. The summed E-state index contributed by atoms with van der Waals surface area (Å²) in [6.07, 6.45) is 4.22. The SMILES string of the molecule is CC[C@@H](CC(=O)Oc1ccccc1)C1CC1. The summed E-state index contributed by atoms with van der Waals surface area (Å²) in [6.45, 7) is 2.15. The van der Waals surface area contributed by atoms with Gasteiger partial charge in [0.1, 0.15) is 5.75 Å². The van der Waals surface area contributed by atoms with Gasteiger partial charge in [0.05, 0.1) is 0 Å². The van der Waals surface area contributed by atoms with Crippen molar-refractivity contribution in [1.82, 2.24) is 0 Å². The highest BCUT2D eigenvalue weighted by Crippen LogP contribution is 2.40. The summed E-state index contributed by atoms with van der Waals surface area (Å²) >= 11 is 0. The van der Waals surface area contributed by atoms with Gasteiger partial charge in [-0.2, -0.15) is 0 Å². The molecule has 1 aliphatic rings. The molecule has 1 aliphatic carbocycles. The summed E-state index contributed by atoms with van der Waals surface area (Å²) in [7, 11) is 0. The normalized spacial score (nSPS) is 16.8. The summed E-state index contributed by atoms with van der Waals surface area (Å²) in [6, 6.07) is 9.30. The van der Waals surface area contributed by atoms with Crippen molar-refractivity contribution in [2.24, 2.45) is 11.8 Å². The number of rotatable bonds is 5. The van der Waals surface area contributed by atoms with E-state index in [2.05, 4.69) is 6.92 Å². The van der Waals surface area contributed by atoms with E-state index in [1.165, 1.54) is 12.8 Å². The van der Waals surface area contributed by atoms with Crippen LogP contribution in [0.2, 0.25) is 0 Å². The maximum Gasteiger partial charge on any atom is 0.311 e. The van der Waals surface area contributed by atoms with Crippen LogP contribution in [0.25, 0.3) is 0 Å². The second-order valence-electron chi connectivity index (χ2n) is 4.50. The van der Waals surface area contributed by atoms with Gasteiger partial charge in [-0.25, -0.2) is 0 Å². The third kappa shape index (κ3) is 3.09. The number of carbonyl (C=O) groups is 1. The molecular weight excluding hydrogens is 200 g/mol. The molecule has 0 saturated heterocycles. The number of hydrogen-bond donors (Lipinski definition) is 0. The Labute approximate surface area is 96.6 Å². The molecule has 0 aromatic heterocycles. The first kappa shape index (κ1) is 11.2. The van der Waals surface area contributed by atoms with Gasteiger partial charge in [-0.15, -0.1) is 0 Å². The van der Waals surface area contributed by atoms with Crippen molar-refractivity contribution in [3.63, 3.8) is 0 Å². The molecule has 1 saturated carbocycles. The molecule has 1 aromatic rings. The van der Waals surface area contributed by atoms with E-state index in [4.69, 9.17) is 4.74 Å². The van der Waals surface area contributed by atoms with Crippen LogP contribution in [-0.4, -0.2) is 5.97 Å². The average Bonchev–Trinajstić information content (AvgIpc) is 3.11. The lowest BCUT2D eigenvalue weighted by atomic mass is 9.97. The predicted octanol–water partition coefficient (Wildman–Crippen LogP) is 3.42. The molecule has 0 unspecified atom stereocenters. The van der Waals surface area contributed by atoms with Gasteiger partial charge in [0, 0.05) is 6.42 Å². The quantitative estimate of drug-likeness (QED) is 0.559. The Balaban J connectivity index is 1.83. The Hall–Kier alpha value is -1.31. The van der Waals surface area contributed by atoms with Crippen LogP contribution in [0.4, 0.5) is 0 Å². The van der Waals surface area contributed by atoms with Gasteiger partial charge < -0.3 is 4.74 Å². The van der Waals surface area contributed by atoms with Gasteiger partial charge in [0.25, 0.3) is 0 Å². The second-order valence-corrected chi connectivity index (χ2v) is 4.50. The van der Waals surface area contributed by atoms with E-state index in [1.54, 1.807) is 0 Å². The molecule has 0 N–H and O–H groups in total. The summed E-state index contributed by atoms with van der Waals surface area (Å²) in [5.74, 6) is 1.85. The van der Waals surface area contributed by atoms with E-state index in [0.717, 1.165) is 12.3 Å².